The molecule has 104 valence electrons. The van der Waals surface area contributed by atoms with Crippen molar-refractivity contribution in [2.45, 2.75) is 32.7 Å². The van der Waals surface area contributed by atoms with E-state index >= 15 is 0 Å². The van der Waals surface area contributed by atoms with E-state index in [9.17, 15) is 0 Å². The predicted octanol–water partition coefficient (Wildman–Crippen LogP) is 1.73. The Morgan fingerprint density at radius 3 is 3.05 bits per heavy atom. The lowest BCUT2D eigenvalue weighted by molar-refractivity contribution is 0.282. The molecular weight excluding hydrogens is 242 g/mol. The Kier molecular flexibility index (Phi) is 4.57. The lowest BCUT2D eigenvalue weighted by atomic mass is 10.2. The van der Waals surface area contributed by atoms with Gasteiger partial charge >= 0.3 is 0 Å². The first-order valence-corrected chi connectivity index (χ1v) is 6.69. The topological polar surface area (TPSA) is 74.5 Å². The second-order valence-corrected chi connectivity index (χ2v) is 4.62. The van der Waals surface area contributed by atoms with Gasteiger partial charge in [0.1, 0.15) is 5.82 Å². The zero-order valence-corrected chi connectivity index (χ0v) is 11.4. The van der Waals surface area contributed by atoms with Crippen LogP contribution in [-0.4, -0.2) is 38.7 Å². The molecule has 0 amide bonds. The van der Waals surface area contributed by atoms with Crippen LogP contribution in [0.2, 0.25) is 0 Å². The predicted molar refractivity (Wildman–Crippen MR) is 76.6 cm³/mol. The molecule has 0 radical (unpaired) electrons. The van der Waals surface area contributed by atoms with Gasteiger partial charge in [-0.05, 0) is 19.8 Å². The van der Waals surface area contributed by atoms with Crippen LogP contribution in [0.5, 0.6) is 0 Å². The zero-order chi connectivity index (χ0) is 13.7. The molecule has 2 aromatic heterocycles. The van der Waals surface area contributed by atoms with Crippen molar-refractivity contribution >= 4 is 17.3 Å². The summed E-state index contributed by atoms with van der Waals surface area (Å²) >= 11 is 0. The van der Waals surface area contributed by atoms with Crippen molar-refractivity contribution in [3.8, 4) is 0 Å². The molecule has 1 unspecified atom stereocenters. The molecule has 0 saturated heterocycles. The highest BCUT2D eigenvalue weighted by atomic mass is 16.3. The normalized spacial score (nSPS) is 12.6. The smallest absolute Gasteiger partial charge is 0.180 e. The molecule has 0 bridgehead atoms. The SMILES string of the molecule is CCCNc1cn2ccnc2c(NC(C)CCO)n1. The van der Waals surface area contributed by atoms with Gasteiger partial charge in [-0.15, -0.1) is 0 Å². The van der Waals surface area contributed by atoms with Crippen LogP contribution in [0.4, 0.5) is 11.6 Å². The van der Waals surface area contributed by atoms with Crippen molar-refractivity contribution in [2.75, 3.05) is 23.8 Å². The van der Waals surface area contributed by atoms with Crippen molar-refractivity contribution in [1.82, 2.24) is 14.4 Å². The standard InChI is InChI=1S/C13H21N5O/c1-3-5-14-11-9-18-7-6-15-13(18)12(17-11)16-10(2)4-8-19/h6-7,9-10,14,19H,3-5,8H2,1-2H3,(H,16,17). The van der Waals surface area contributed by atoms with Crippen LogP contribution in [0.1, 0.15) is 26.7 Å². The first-order chi connectivity index (χ1) is 9.24. The Hall–Kier alpha value is -1.82. The molecule has 3 N–H and O–H groups in total. The molecule has 2 aromatic rings. The number of aromatic nitrogens is 3. The molecule has 1 atom stereocenters. The Morgan fingerprint density at radius 2 is 2.32 bits per heavy atom. The van der Waals surface area contributed by atoms with Gasteiger partial charge in [0.2, 0.25) is 0 Å². The number of hydrogen-bond acceptors (Lipinski definition) is 5. The number of rotatable bonds is 7. The average molecular weight is 263 g/mol. The highest BCUT2D eigenvalue weighted by molar-refractivity contribution is 5.65. The van der Waals surface area contributed by atoms with Gasteiger partial charge in [0, 0.05) is 31.6 Å². The van der Waals surface area contributed by atoms with Gasteiger partial charge in [-0.25, -0.2) is 9.97 Å². The number of hydrogen-bond donors (Lipinski definition) is 3. The fraction of sp³-hybridized carbons (Fsp3) is 0.538. The number of imidazole rings is 1. The number of nitrogens with zero attached hydrogens (tertiary/aromatic N) is 3. The minimum absolute atomic E-state index is 0.152. The van der Waals surface area contributed by atoms with E-state index in [1.165, 1.54) is 0 Å². The van der Waals surface area contributed by atoms with Gasteiger partial charge in [0.05, 0.1) is 6.20 Å². The van der Waals surface area contributed by atoms with Gasteiger partial charge in [-0.1, -0.05) is 6.92 Å². The highest BCUT2D eigenvalue weighted by Gasteiger charge is 2.10. The lowest BCUT2D eigenvalue weighted by Crippen LogP contribution is -2.18. The molecular formula is C13H21N5O. The van der Waals surface area contributed by atoms with Crippen LogP contribution in [0.15, 0.2) is 18.6 Å². The van der Waals surface area contributed by atoms with Crippen LogP contribution < -0.4 is 10.6 Å². The van der Waals surface area contributed by atoms with Gasteiger partial charge in [0.25, 0.3) is 0 Å². The van der Waals surface area contributed by atoms with Gasteiger partial charge in [0.15, 0.2) is 11.5 Å². The zero-order valence-electron chi connectivity index (χ0n) is 11.4. The number of anilines is 2. The number of fused-ring (bicyclic) bond motifs is 1. The minimum atomic E-state index is 0.152. The van der Waals surface area contributed by atoms with Crippen molar-refractivity contribution < 1.29 is 5.11 Å². The molecule has 0 aliphatic carbocycles. The summed E-state index contributed by atoms with van der Waals surface area (Å²) in [5.41, 5.74) is 0.798. The molecule has 6 heteroatoms. The molecule has 2 heterocycles. The summed E-state index contributed by atoms with van der Waals surface area (Å²) in [6.45, 7) is 5.18. The van der Waals surface area contributed by atoms with E-state index in [2.05, 4.69) is 27.5 Å². The summed E-state index contributed by atoms with van der Waals surface area (Å²) in [5.74, 6) is 1.57. The monoisotopic (exact) mass is 263 g/mol. The van der Waals surface area contributed by atoms with Crippen molar-refractivity contribution in [1.29, 1.82) is 0 Å². The molecule has 0 fully saturated rings. The minimum Gasteiger partial charge on any atom is -0.396 e. The largest absolute Gasteiger partial charge is 0.396 e. The van der Waals surface area contributed by atoms with E-state index in [-0.39, 0.29) is 12.6 Å². The van der Waals surface area contributed by atoms with E-state index in [1.54, 1.807) is 6.20 Å². The third-order valence-electron chi connectivity index (χ3n) is 2.88. The van der Waals surface area contributed by atoms with Gasteiger partial charge < -0.3 is 20.1 Å². The Bertz CT molecular complexity index is 525. The number of nitrogens with one attached hydrogen (secondary N) is 2. The van der Waals surface area contributed by atoms with Crippen LogP contribution in [0.3, 0.4) is 0 Å². The molecule has 0 aliphatic rings. The summed E-state index contributed by atoms with van der Waals surface area (Å²) < 4.78 is 1.94. The Labute approximate surface area is 112 Å². The average Bonchev–Trinajstić information content (AvgIpc) is 2.85. The first-order valence-electron chi connectivity index (χ1n) is 6.69. The van der Waals surface area contributed by atoms with Crippen LogP contribution in [0, 0.1) is 0 Å². The molecule has 0 spiro atoms. The summed E-state index contributed by atoms with van der Waals surface area (Å²) in [7, 11) is 0. The third-order valence-corrected chi connectivity index (χ3v) is 2.88. The van der Waals surface area contributed by atoms with Gasteiger partial charge in [-0.3, -0.25) is 0 Å². The summed E-state index contributed by atoms with van der Waals surface area (Å²) in [6.07, 6.45) is 7.31. The fourth-order valence-corrected chi connectivity index (χ4v) is 1.87. The maximum atomic E-state index is 8.97. The maximum Gasteiger partial charge on any atom is 0.180 e. The first kappa shape index (κ1) is 13.6. The van der Waals surface area contributed by atoms with E-state index in [0.29, 0.717) is 6.42 Å². The van der Waals surface area contributed by atoms with Crippen molar-refractivity contribution in [3.63, 3.8) is 0 Å². The summed E-state index contributed by atoms with van der Waals surface area (Å²) in [4.78, 5) is 8.85. The molecule has 6 nitrogen and oxygen atoms in total. The van der Waals surface area contributed by atoms with Gasteiger partial charge in [-0.2, -0.15) is 0 Å². The summed E-state index contributed by atoms with van der Waals surface area (Å²) in [6, 6.07) is 0.152. The fourth-order valence-electron chi connectivity index (χ4n) is 1.87. The lowest BCUT2D eigenvalue weighted by Gasteiger charge is -2.15. The van der Waals surface area contributed by atoms with Crippen molar-refractivity contribution in [3.05, 3.63) is 18.6 Å². The second-order valence-electron chi connectivity index (χ2n) is 4.62. The van der Waals surface area contributed by atoms with E-state index in [0.717, 1.165) is 30.2 Å². The third kappa shape index (κ3) is 3.35. The van der Waals surface area contributed by atoms with E-state index < -0.39 is 0 Å². The van der Waals surface area contributed by atoms with Crippen LogP contribution >= 0.6 is 0 Å². The molecule has 0 aliphatic heterocycles. The Balaban J connectivity index is 2.25. The molecule has 2 rings (SSSR count). The number of aliphatic hydroxyl groups excluding tert-OH is 1. The quantitative estimate of drug-likeness (QED) is 0.709. The molecule has 0 saturated carbocycles. The highest BCUT2D eigenvalue weighted by Crippen LogP contribution is 2.17. The van der Waals surface area contributed by atoms with Crippen molar-refractivity contribution in [2.24, 2.45) is 0 Å². The maximum absolute atomic E-state index is 8.97. The van der Waals surface area contributed by atoms with Crippen LogP contribution in [-0.2, 0) is 0 Å². The van der Waals surface area contributed by atoms with E-state index in [1.807, 2.05) is 23.7 Å². The molecule has 0 aromatic carbocycles. The van der Waals surface area contributed by atoms with Crippen LogP contribution in [0.25, 0.3) is 5.65 Å². The number of aliphatic hydroxyl groups is 1. The molecule has 19 heavy (non-hydrogen) atoms. The summed E-state index contributed by atoms with van der Waals surface area (Å²) in [5, 5.41) is 15.5. The Morgan fingerprint density at radius 1 is 1.47 bits per heavy atom. The van der Waals surface area contributed by atoms with E-state index in [4.69, 9.17) is 5.11 Å². The second kappa shape index (κ2) is 6.38.